The Morgan fingerprint density at radius 1 is 0.900 bits per heavy atom. The maximum Gasteiger partial charge on any atom is 0.293 e. The first-order chi connectivity index (χ1) is 14.6. The summed E-state index contributed by atoms with van der Waals surface area (Å²) in [5.41, 5.74) is 0.935. The fraction of sp³-hybridized carbons (Fsp3) is 0.0435. The van der Waals surface area contributed by atoms with Crippen LogP contribution >= 0.6 is 0 Å². The van der Waals surface area contributed by atoms with Crippen LogP contribution in [0, 0.1) is 5.82 Å². The Labute approximate surface area is 171 Å². The molecule has 2 N–H and O–H groups in total. The fourth-order valence-corrected chi connectivity index (χ4v) is 3.04. The maximum absolute atomic E-state index is 14.0. The summed E-state index contributed by atoms with van der Waals surface area (Å²) >= 11 is 0. The van der Waals surface area contributed by atoms with E-state index < -0.39 is 17.6 Å². The first-order valence-electron chi connectivity index (χ1n) is 9.09. The molecule has 150 valence electrons. The molecule has 7 heteroatoms. The van der Waals surface area contributed by atoms with Crippen LogP contribution in [0.5, 0.6) is 5.75 Å². The second kappa shape index (κ2) is 8.08. The van der Waals surface area contributed by atoms with Gasteiger partial charge in [-0.25, -0.2) is 4.39 Å². The summed E-state index contributed by atoms with van der Waals surface area (Å²) in [6, 6.07) is 19.3. The van der Waals surface area contributed by atoms with Gasteiger partial charge >= 0.3 is 0 Å². The summed E-state index contributed by atoms with van der Waals surface area (Å²) in [5.74, 6) is -1.43. The van der Waals surface area contributed by atoms with Gasteiger partial charge in [0.05, 0.1) is 12.7 Å². The number of carbonyl (C=O) groups excluding carboxylic acids is 2. The number of nitrogens with one attached hydrogen (secondary N) is 2. The minimum atomic E-state index is -0.685. The number of fused-ring (bicyclic) bond motifs is 1. The maximum atomic E-state index is 14.0. The highest BCUT2D eigenvalue weighted by Crippen LogP contribution is 2.32. The van der Waals surface area contributed by atoms with Crippen LogP contribution in [0.1, 0.15) is 20.9 Å². The van der Waals surface area contributed by atoms with Gasteiger partial charge in [0.2, 0.25) is 5.76 Å². The monoisotopic (exact) mass is 404 g/mol. The van der Waals surface area contributed by atoms with E-state index in [1.165, 1.54) is 25.3 Å². The van der Waals surface area contributed by atoms with Crippen molar-refractivity contribution < 1.29 is 23.1 Å². The standard InChI is InChI=1S/C23H17FN2O4/c1-29-15-8-6-7-14(13-15)25-23(28)21-20(17-10-3-5-12-19(17)30-21)26-22(27)16-9-2-4-11-18(16)24/h2-13H,1H3,(H,25,28)(H,26,27). The number of furan rings is 1. The van der Waals surface area contributed by atoms with Gasteiger partial charge in [-0.2, -0.15) is 0 Å². The highest BCUT2D eigenvalue weighted by molar-refractivity contribution is 6.16. The third-order valence-corrected chi connectivity index (χ3v) is 4.49. The molecule has 0 spiro atoms. The molecular weight excluding hydrogens is 387 g/mol. The van der Waals surface area contributed by atoms with Crippen LogP contribution in [0.3, 0.4) is 0 Å². The summed E-state index contributed by atoms with van der Waals surface area (Å²) in [4.78, 5) is 25.6. The normalized spacial score (nSPS) is 10.6. The zero-order chi connectivity index (χ0) is 21.1. The minimum absolute atomic E-state index is 0.0938. The number of halogens is 1. The molecule has 0 aliphatic heterocycles. The lowest BCUT2D eigenvalue weighted by Crippen LogP contribution is -2.18. The second-order valence-corrected chi connectivity index (χ2v) is 6.42. The molecule has 1 heterocycles. The van der Waals surface area contributed by atoms with E-state index in [1.807, 2.05) is 0 Å². The number of carbonyl (C=O) groups is 2. The van der Waals surface area contributed by atoms with E-state index in [4.69, 9.17) is 9.15 Å². The lowest BCUT2D eigenvalue weighted by Gasteiger charge is -2.09. The largest absolute Gasteiger partial charge is 0.497 e. The molecule has 4 aromatic rings. The molecule has 1 aromatic heterocycles. The molecule has 0 saturated heterocycles. The van der Waals surface area contributed by atoms with Crippen LogP contribution in [-0.2, 0) is 0 Å². The Hall–Kier alpha value is -4.13. The van der Waals surface area contributed by atoms with Crippen molar-refractivity contribution in [2.75, 3.05) is 17.7 Å². The number of methoxy groups -OCH3 is 1. The Kier molecular flexibility index (Phi) is 5.17. The van der Waals surface area contributed by atoms with Crippen molar-refractivity contribution in [1.82, 2.24) is 0 Å². The van der Waals surface area contributed by atoms with E-state index in [2.05, 4.69) is 10.6 Å². The van der Waals surface area contributed by atoms with Gasteiger partial charge in [0.1, 0.15) is 22.8 Å². The van der Waals surface area contributed by atoms with Crippen molar-refractivity contribution in [2.24, 2.45) is 0 Å². The van der Waals surface area contributed by atoms with Gasteiger partial charge in [-0.1, -0.05) is 30.3 Å². The van der Waals surface area contributed by atoms with Crippen LogP contribution in [0.2, 0.25) is 0 Å². The second-order valence-electron chi connectivity index (χ2n) is 6.42. The number of amides is 2. The van der Waals surface area contributed by atoms with Crippen LogP contribution in [0.15, 0.2) is 77.2 Å². The zero-order valence-electron chi connectivity index (χ0n) is 15.9. The Balaban J connectivity index is 1.70. The van der Waals surface area contributed by atoms with Gasteiger partial charge in [0, 0.05) is 17.1 Å². The molecule has 6 nitrogen and oxygen atoms in total. The fourth-order valence-electron chi connectivity index (χ4n) is 3.04. The molecule has 4 rings (SSSR count). The zero-order valence-corrected chi connectivity index (χ0v) is 15.9. The van der Waals surface area contributed by atoms with Crippen LogP contribution in [0.25, 0.3) is 11.0 Å². The Bertz CT molecular complexity index is 1250. The molecule has 0 bridgehead atoms. The lowest BCUT2D eigenvalue weighted by molar-refractivity contribution is 0.0999. The van der Waals surface area contributed by atoms with E-state index in [1.54, 1.807) is 54.6 Å². The van der Waals surface area contributed by atoms with Crippen molar-refractivity contribution in [3.63, 3.8) is 0 Å². The molecule has 2 amide bonds. The summed E-state index contributed by atoms with van der Waals surface area (Å²) in [6.45, 7) is 0. The summed E-state index contributed by atoms with van der Waals surface area (Å²) in [6.07, 6.45) is 0. The molecule has 0 aliphatic rings. The van der Waals surface area contributed by atoms with Gasteiger partial charge < -0.3 is 19.8 Å². The number of hydrogen-bond donors (Lipinski definition) is 2. The third kappa shape index (κ3) is 3.73. The number of hydrogen-bond acceptors (Lipinski definition) is 4. The molecule has 0 aliphatic carbocycles. The summed E-state index contributed by atoms with van der Waals surface area (Å²) in [5, 5.41) is 5.87. The van der Waals surface area contributed by atoms with Crippen molar-refractivity contribution in [3.05, 3.63) is 89.9 Å². The number of anilines is 2. The topological polar surface area (TPSA) is 80.6 Å². The van der Waals surface area contributed by atoms with Crippen molar-refractivity contribution in [2.45, 2.75) is 0 Å². The van der Waals surface area contributed by atoms with Crippen LogP contribution in [-0.4, -0.2) is 18.9 Å². The Morgan fingerprint density at radius 3 is 2.47 bits per heavy atom. The van der Waals surface area contributed by atoms with Gasteiger partial charge in [-0.15, -0.1) is 0 Å². The van der Waals surface area contributed by atoms with Gasteiger partial charge in [-0.05, 0) is 36.4 Å². The van der Waals surface area contributed by atoms with Gasteiger partial charge in [-0.3, -0.25) is 9.59 Å². The van der Waals surface area contributed by atoms with E-state index >= 15 is 0 Å². The van der Waals surface area contributed by atoms with E-state index in [0.29, 0.717) is 22.4 Å². The number of rotatable bonds is 5. The van der Waals surface area contributed by atoms with Crippen molar-refractivity contribution >= 4 is 34.2 Å². The van der Waals surface area contributed by atoms with E-state index in [-0.39, 0.29) is 17.0 Å². The summed E-state index contributed by atoms with van der Waals surface area (Å²) < 4.78 is 24.9. The number of para-hydroxylation sites is 1. The minimum Gasteiger partial charge on any atom is -0.497 e. The van der Waals surface area contributed by atoms with Gasteiger partial charge in [0.15, 0.2) is 0 Å². The first kappa shape index (κ1) is 19.2. The highest BCUT2D eigenvalue weighted by Gasteiger charge is 2.23. The average molecular weight is 404 g/mol. The highest BCUT2D eigenvalue weighted by atomic mass is 19.1. The molecule has 0 saturated carbocycles. The predicted octanol–water partition coefficient (Wildman–Crippen LogP) is 5.09. The molecule has 0 atom stereocenters. The third-order valence-electron chi connectivity index (χ3n) is 4.49. The SMILES string of the molecule is COc1cccc(NC(=O)c2oc3ccccc3c2NC(=O)c2ccccc2F)c1. The van der Waals surface area contributed by atoms with Crippen LogP contribution in [0.4, 0.5) is 15.8 Å². The average Bonchev–Trinajstić information content (AvgIpc) is 3.12. The molecular formula is C23H17FN2O4. The van der Waals surface area contributed by atoms with Crippen molar-refractivity contribution in [3.8, 4) is 5.75 Å². The number of ether oxygens (including phenoxy) is 1. The first-order valence-corrected chi connectivity index (χ1v) is 9.09. The molecule has 0 unspecified atom stereocenters. The van der Waals surface area contributed by atoms with Crippen molar-refractivity contribution in [1.29, 1.82) is 0 Å². The van der Waals surface area contributed by atoms with Gasteiger partial charge in [0.25, 0.3) is 11.8 Å². The summed E-state index contributed by atoms with van der Waals surface area (Å²) in [7, 11) is 1.52. The van der Waals surface area contributed by atoms with E-state index in [9.17, 15) is 14.0 Å². The van der Waals surface area contributed by atoms with Crippen LogP contribution < -0.4 is 15.4 Å². The molecule has 30 heavy (non-hydrogen) atoms. The quantitative estimate of drug-likeness (QED) is 0.486. The molecule has 0 radical (unpaired) electrons. The smallest absolute Gasteiger partial charge is 0.293 e. The molecule has 0 fully saturated rings. The number of benzene rings is 3. The molecule has 3 aromatic carbocycles. The Morgan fingerprint density at radius 2 is 1.67 bits per heavy atom. The lowest BCUT2D eigenvalue weighted by atomic mass is 10.1. The predicted molar refractivity (Wildman–Crippen MR) is 112 cm³/mol. The van der Waals surface area contributed by atoms with E-state index in [0.717, 1.165) is 0 Å².